The van der Waals surface area contributed by atoms with Gasteiger partial charge in [-0.3, -0.25) is 4.79 Å². The molecule has 4 heteroatoms. The molecule has 122 valence electrons. The highest BCUT2D eigenvalue weighted by Crippen LogP contribution is 2.09. The summed E-state index contributed by atoms with van der Waals surface area (Å²) in [6, 6.07) is 23.2. The van der Waals surface area contributed by atoms with Crippen LogP contribution in [0.3, 0.4) is 0 Å². The minimum absolute atomic E-state index is 0.106. The molecule has 0 radical (unpaired) electrons. The van der Waals surface area contributed by atoms with Gasteiger partial charge in [0.15, 0.2) is 12.4 Å². The Labute approximate surface area is 147 Å². The van der Waals surface area contributed by atoms with Gasteiger partial charge in [-0.05, 0) is 41.8 Å². The zero-order valence-corrected chi connectivity index (χ0v) is 13.7. The number of amides is 1. The van der Waals surface area contributed by atoms with Crippen molar-refractivity contribution in [2.24, 2.45) is 0 Å². The summed E-state index contributed by atoms with van der Waals surface area (Å²) in [4.78, 5) is 12.1. The molecule has 1 N–H and O–H groups in total. The van der Waals surface area contributed by atoms with Crippen molar-refractivity contribution in [2.45, 2.75) is 13.0 Å². The van der Waals surface area contributed by atoms with E-state index in [0.717, 1.165) is 6.42 Å². The maximum absolute atomic E-state index is 12.1. The molecule has 0 aliphatic carbocycles. The first-order chi connectivity index (χ1) is 12.2. The van der Waals surface area contributed by atoms with Crippen LogP contribution in [0.5, 0.6) is 0 Å². The zero-order chi connectivity index (χ0) is 17.5. The van der Waals surface area contributed by atoms with Gasteiger partial charge in [0.25, 0.3) is 5.91 Å². The third-order valence-electron chi connectivity index (χ3n) is 3.84. The maximum Gasteiger partial charge on any atom is 0.290 e. The van der Waals surface area contributed by atoms with Gasteiger partial charge in [-0.2, -0.15) is 9.83 Å². The summed E-state index contributed by atoms with van der Waals surface area (Å²) < 4.78 is 1.84. The van der Waals surface area contributed by atoms with Gasteiger partial charge in [0, 0.05) is 17.8 Å². The molecule has 3 aromatic rings. The van der Waals surface area contributed by atoms with E-state index in [4.69, 9.17) is 5.26 Å². The summed E-state index contributed by atoms with van der Waals surface area (Å²) in [6.07, 6.45) is 4.70. The number of pyridine rings is 1. The molecule has 0 saturated carbocycles. The Morgan fingerprint density at radius 3 is 2.20 bits per heavy atom. The first-order valence-corrected chi connectivity index (χ1v) is 8.05. The van der Waals surface area contributed by atoms with Gasteiger partial charge in [-0.1, -0.05) is 30.3 Å². The van der Waals surface area contributed by atoms with Crippen LogP contribution in [-0.4, -0.2) is 5.91 Å². The Kier molecular flexibility index (Phi) is 5.18. The lowest BCUT2D eigenvalue weighted by molar-refractivity contribution is -0.684. The summed E-state index contributed by atoms with van der Waals surface area (Å²) in [5.41, 5.74) is 3.72. The van der Waals surface area contributed by atoms with Gasteiger partial charge in [0.2, 0.25) is 6.54 Å². The van der Waals surface area contributed by atoms with Gasteiger partial charge in [-0.15, -0.1) is 0 Å². The van der Waals surface area contributed by atoms with Gasteiger partial charge in [-0.25, -0.2) is 0 Å². The lowest BCUT2D eigenvalue weighted by Gasteiger charge is -2.04. The number of rotatable bonds is 5. The van der Waals surface area contributed by atoms with Crippen molar-refractivity contribution in [3.8, 4) is 6.07 Å². The van der Waals surface area contributed by atoms with Crippen LogP contribution in [0.15, 0.2) is 79.1 Å². The molecule has 1 amide bonds. The minimum Gasteiger partial charge on any atom is -0.321 e. The lowest BCUT2D eigenvalue weighted by atomic mass is 10.1. The minimum atomic E-state index is -0.106. The molecule has 25 heavy (non-hydrogen) atoms. The maximum atomic E-state index is 12.1. The summed E-state index contributed by atoms with van der Waals surface area (Å²) >= 11 is 0. The molecular weight excluding hydrogens is 310 g/mol. The summed E-state index contributed by atoms with van der Waals surface area (Å²) in [7, 11) is 0. The Hall–Kier alpha value is -3.45. The molecule has 0 aliphatic rings. The van der Waals surface area contributed by atoms with Gasteiger partial charge >= 0.3 is 0 Å². The van der Waals surface area contributed by atoms with Crippen molar-refractivity contribution in [1.29, 1.82) is 5.26 Å². The lowest BCUT2D eigenvalue weighted by Crippen LogP contribution is -2.39. The normalized spacial score (nSPS) is 10.0. The van der Waals surface area contributed by atoms with Crippen molar-refractivity contribution < 1.29 is 9.36 Å². The highest BCUT2D eigenvalue weighted by molar-refractivity contribution is 5.89. The molecule has 0 atom stereocenters. The Morgan fingerprint density at radius 2 is 1.56 bits per heavy atom. The predicted molar refractivity (Wildman–Crippen MR) is 95.7 cm³/mol. The number of carbonyl (C=O) groups excluding carboxylic acids is 1. The summed E-state index contributed by atoms with van der Waals surface area (Å²) in [6.45, 7) is 0.242. The van der Waals surface area contributed by atoms with E-state index in [1.54, 1.807) is 24.3 Å². The number of hydrogen-bond acceptors (Lipinski definition) is 2. The van der Waals surface area contributed by atoms with Crippen LogP contribution >= 0.6 is 0 Å². The third-order valence-corrected chi connectivity index (χ3v) is 3.84. The number of anilines is 1. The van der Waals surface area contributed by atoms with E-state index in [0.29, 0.717) is 11.3 Å². The molecule has 0 unspecified atom stereocenters. The third kappa shape index (κ3) is 4.76. The first kappa shape index (κ1) is 16.4. The van der Waals surface area contributed by atoms with Crippen molar-refractivity contribution in [2.75, 3.05) is 5.32 Å². The van der Waals surface area contributed by atoms with Crippen LogP contribution in [0.2, 0.25) is 0 Å². The van der Waals surface area contributed by atoms with Crippen molar-refractivity contribution in [3.05, 3.63) is 95.8 Å². The molecule has 3 rings (SSSR count). The summed E-state index contributed by atoms with van der Waals surface area (Å²) in [5, 5.41) is 11.6. The number of benzene rings is 2. The standard InChI is InChI=1S/C21H17N3O/c22-15-19-6-8-20(9-7-19)23-21(25)16-24-12-10-18(11-13-24)14-17-4-2-1-3-5-17/h1-13H,14,16H2/p+1. The Bertz CT molecular complexity index is 879. The summed E-state index contributed by atoms with van der Waals surface area (Å²) in [5.74, 6) is -0.106. The average Bonchev–Trinajstić information content (AvgIpc) is 2.65. The molecule has 2 aromatic carbocycles. The largest absolute Gasteiger partial charge is 0.321 e. The van der Waals surface area contributed by atoms with Crippen LogP contribution in [-0.2, 0) is 17.8 Å². The van der Waals surface area contributed by atoms with E-state index >= 15 is 0 Å². The fourth-order valence-electron chi connectivity index (χ4n) is 2.54. The number of carbonyl (C=O) groups is 1. The Balaban J connectivity index is 1.57. The molecule has 1 heterocycles. The second-order valence-electron chi connectivity index (χ2n) is 5.78. The van der Waals surface area contributed by atoms with E-state index in [-0.39, 0.29) is 12.5 Å². The number of nitriles is 1. The zero-order valence-electron chi connectivity index (χ0n) is 13.7. The monoisotopic (exact) mass is 328 g/mol. The molecular formula is C21H18N3O+. The Morgan fingerprint density at radius 1 is 0.920 bits per heavy atom. The number of hydrogen-bond donors (Lipinski definition) is 1. The van der Waals surface area contributed by atoms with Crippen molar-refractivity contribution in [1.82, 2.24) is 0 Å². The SMILES string of the molecule is N#Cc1ccc(NC(=O)C[n+]2ccc(Cc3ccccc3)cc2)cc1. The fourth-order valence-corrected chi connectivity index (χ4v) is 2.54. The van der Waals surface area contributed by atoms with E-state index in [1.807, 2.05) is 47.3 Å². The smallest absolute Gasteiger partial charge is 0.290 e. The van der Waals surface area contributed by atoms with Crippen LogP contribution in [0, 0.1) is 11.3 Å². The van der Waals surface area contributed by atoms with Crippen LogP contribution < -0.4 is 9.88 Å². The average molecular weight is 328 g/mol. The number of nitrogens with zero attached hydrogens (tertiary/aromatic N) is 2. The molecule has 0 spiro atoms. The van der Waals surface area contributed by atoms with Gasteiger partial charge in [0.1, 0.15) is 0 Å². The first-order valence-electron chi connectivity index (χ1n) is 8.05. The van der Waals surface area contributed by atoms with Crippen LogP contribution in [0.4, 0.5) is 5.69 Å². The van der Waals surface area contributed by atoms with Gasteiger partial charge in [0.05, 0.1) is 11.6 Å². The molecule has 0 fully saturated rings. The highest BCUT2D eigenvalue weighted by Gasteiger charge is 2.10. The van der Waals surface area contributed by atoms with Crippen LogP contribution in [0.1, 0.15) is 16.7 Å². The highest BCUT2D eigenvalue weighted by atomic mass is 16.1. The van der Waals surface area contributed by atoms with E-state index < -0.39 is 0 Å². The molecule has 0 bridgehead atoms. The van der Waals surface area contributed by atoms with E-state index in [9.17, 15) is 4.79 Å². The molecule has 4 nitrogen and oxygen atoms in total. The van der Waals surface area contributed by atoms with Crippen LogP contribution in [0.25, 0.3) is 0 Å². The van der Waals surface area contributed by atoms with E-state index in [2.05, 4.69) is 23.5 Å². The second-order valence-corrected chi connectivity index (χ2v) is 5.78. The second kappa shape index (κ2) is 7.89. The van der Waals surface area contributed by atoms with Crippen molar-refractivity contribution in [3.63, 3.8) is 0 Å². The number of nitrogens with one attached hydrogen (secondary N) is 1. The fraction of sp³-hybridized carbons (Fsp3) is 0.0952. The quantitative estimate of drug-likeness (QED) is 0.732. The molecule has 0 saturated heterocycles. The predicted octanol–water partition coefficient (Wildman–Crippen LogP) is 3.08. The topological polar surface area (TPSA) is 56.8 Å². The van der Waals surface area contributed by atoms with Gasteiger partial charge < -0.3 is 5.32 Å². The van der Waals surface area contributed by atoms with E-state index in [1.165, 1.54) is 11.1 Å². The molecule has 0 aliphatic heterocycles. The number of aromatic nitrogens is 1. The molecule has 1 aromatic heterocycles. The van der Waals surface area contributed by atoms with Crippen molar-refractivity contribution >= 4 is 11.6 Å².